The van der Waals surface area contributed by atoms with Crippen LogP contribution >= 0.6 is 0 Å². The third-order valence-electron chi connectivity index (χ3n) is 4.63. The molecule has 3 aromatic rings. The molecule has 0 saturated heterocycles. The number of halogens is 1. The number of nitrogens with zero attached hydrogens (tertiary/aromatic N) is 1. The molecule has 1 aliphatic carbocycles. The minimum Gasteiger partial charge on any atom is -0.493 e. The van der Waals surface area contributed by atoms with Gasteiger partial charge in [0, 0.05) is 23.2 Å². The van der Waals surface area contributed by atoms with Gasteiger partial charge in [-0.1, -0.05) is 6.07 Å². The van der Waals surface area contributed by atoms with Crippen LogP contribution in [0, 0.1) is 5.82 Å². The van der Waals surface area contributed by atoms with E-state index in [1.165, 1.54) is 6.07 Å². The quantitative estimate of drug-likeness (QED) is 0.560. The highest BCUT2D eigenvalue weighted by atomic mass is 19.1. The molecule has 2 N–H and O–H groups in total. The summed E-state index contributed by atoms with van der Waals surface area (Å²) in [7, 11) is 4.99. The van der Waals surface area contributed by atoms with Crippen molar-refractivity contribution in [2.75, 3.05) is 19.5 Å². The summed E-state index contributed by atoms with van der Waals surface area (Å²) in [6.45, 7) is 0. The molecule has 0 aliphatic heterocycles. The van der Waals surface area contributed by atoms with Crippen LogP contribution in [-0.2, 0) is 6.42 Å². The van der Waals surface area contributed by atoms with Crippen LogP contribution in [0.3, 0.4) is 0 Å². The van der Waals surface area contributed by atoms with Crippen LogP contribution in [0.15, 0.2) is 30.3 Å². The number of benzene rings is 2. The average molecular weight is 337 g/mol. The zero-order valence-electron chi connectivity index (χ0n) is 14.2. The summed E-state index contributed by atoms with van der Waals surface area (Å²) in [6.07, 6.45) is 0.720. The Bertz CT molecular complexity index is 971. The third-order valence-corrected chi connectivity index (χ3v) is 4.63. The number of rotatable bonds is 4. The van der Waals surface area contributed by atoms with Gasteiger partial charge in [-0.2, -0.15) is 5.10 Å². The van der Waals surface area contributed by atoms with Gasteiger partial charge in [0.25, 0.3) is 0 Å². The number of anilines is 2. The van der Waals surface area contributed by atoms with E-state index in [-0.39, 0.29) is 5.82 Å². The van der Waals surface area contributed by atoms with E-state index in [9.17, 15) is 4.39 Å². The van der Waals surface area contributed by atoms with Gasteiger partial charge in [-0.05, 0) is 35.3 Å². The smallest absolute Gasteiger partial charge is 0.161 e. The summed E-state index contributed by atoms with van der Waals surface area (Å²) in [5, 5.41) is 10.7. The zero-order chi connectivity index (χ0) is 17.6. The van der Waals surface area contributed by atoms with Crippen LogP contribution in [0.1, 0.15) is 11.1 Å². The van der Waals surface area contributed by atoms with Gasteiger partial charge < -0.3 is 14.8 Å². The van der Waals surface area contributed by atoms with E-state index in [2.05, 4.69) is 15.5 Å². The molecule has 0 saturated carbocycles. The lowest BCUT2D eigenvalue weighted by Crippen LogP contribution is -2.14. The number of methoxy groups -OCH3 is 2. The number of hydrogen-bond acceptors (Lipinski definition) is 4. The Hall–Kier alpha value is -2.96. The molecule has 0 radical (unpaired) electrons. The number of aromatic amines is 1. The Labute approximate surface area is 145 Å². The largest absolute Gasteiger partial charge is 0.493 e. The van der Waals surface area contributed by atoms with Crippen LogP contribution < -0.4 is 20.3 Å². The van der Waals surface area contributed by atoms with E-state index < -0.39 is 0 Å². The van der Waals surface area contributed by atoms with Gasteiger partial charge in [-0.25, -0.2) is 4.39 Å². The van der Waals surface area contributed by atoms with E-state index in [0.29, 0.717) is 17.0 Å². The fraction of sp³-hybridized carbons (Fsp3) is 0.167. The van der Waals surface area contributed by atoms with Gasteiger partial charge in [0.1, 0.15) is 19.5 Å². The first kappa shape index (κ1) is 15.6. The highest BCUT2D eigenvalue weighted by molar-refractivity contribution is 6.36. The van der Waals surface area contributed by atoms with Crippen molar-refractivity contribution in [3.8, 4) is 22.8 Å². The average Bonchev–Trinajstić information content (AvgIpc) is 3.17. The van der Waals surface area contributed by atoms with Gasteiger partial charge in [0.15, 0.2) is 11.5 Å². The number of aromatic nitrogens is 2. The van der Waals surface area contributed by atoms with Crippen molar-refractivity contribution in [1.29, 1.82) is 0 Å². The molecule has 7 heteroatoms. The molecule has 1 aromatic heterocycles. The second-order valence-corrected chi connectivity index (χ2v) is 6.00. The molecular formula is C18H17BFN3O2. The maximum Gasteiger partial charge on any atom is 0.161 e. The molecule has 25 heavy (non-hydrogen) atoms. The maximum absolute atomic E-state index is 13.8. The van der Waals surface area contributed by atoms with Crippen molar-refractivity contribution in [3.05, 3.63) is 47.3 Å². The third kappa shape index (κ3) is 2.43. The second kappa shape index (κ2) is 5.84. The van der Waals surface area contributed by atoms with Gasteiger partial charge in [-0.3, -0.25) is 5.10 Å². The van der Waals surface area contributed by atoms with Gasteiger partial charge in [-0.15, -0.1) is 0 Å². The van der Waals surface area contributed by atoms with Crippen LogP contribution in [0.5, 0.6) is 11.5 Å². The lowest BCUT2D eigenvalue weighted by Gasteiger charge is -2.10. The molecule has 5 nitrogen and oxygen atoms in total. The van der Waals surface area contributed by atoms with E-state index in [0.717, 1.165) is 40.3 Å². The second-order valence-electron chi connectivity index (χ2n) is 6.00. The summed E-state index contributed by atoms with van der Waals surface area (Å²) in [4.78, 5) is 0. The number of ether oxygens (including phenoxy) is 2. The molecule has 0 unspecified atom stereocenters. The predicted octanol–water partition coefficient (Wildman–Crippen LogP) is 2.14. The van der Waals surface area contributed by atoms with E-state index in [1.807, 2.05) is 18.2 Å². The predicted molar refractivity (Wildman–Crippen MR) is 97.8 cm³/mol. The van der Waals surface area contributed by atoms with Crippen LogP contribution in [0.25, 0.3) is 11.3 Å². The Morgan fingerprint density at radius 2 is 1.96 bits per heavy atom. The first-order chi connectivity index (χ1) is 12.1. The highest BCUT2D eigenvalue weighted by Crippen LogP contribution is 2.44. The molecule has 126 valence electrons. The molecule has 0 amide bonds. The maximum atomic E-state index is 13.8. The van der Waals surface area contributed by atoms with Gasteiger partial charge >= 0.3 is 0 Å². The monoisotopic (exact) mass is 337 g/mol. The van der Waals surface area contributed by atoms with Gasteiger partial charge in [0.05, 0.1) is 19.9 Å². The first-order valence-electron chi connectivity index (χ1n) is 7.97. The molecule has 0 atom stereocenters. The highest BCUT2D eigenvalue weighted by Gasteiger charge is 2.27. The lowest BCUT2D eigenvalue weighted by atomic mass is 9.93. The molecule has 0 fully saturated rings. The summed E-state index contributed by atoms with van der Waals surface area (Å²) < 4.78 is 24.5. The van der Waals surface area contributed by atoms with Crippen molar-refractivity contribution < 1.29 is 13.9 Å². The minimum absolute atomic E-state index is 0.237. The van der Waals surface area contributed by atoms with Crippen molar-refractivity contribution in [1.82, 2.24) is 10.2 Å². The molecule has 2 aromatic carbocycles. The molecule has 0 bridgehead atoms. The van der Waals surface area contributed by atoms with Crippen molar-refractivity contribution in [2.45, 2.75) is 6.42 Å². The molecular weight excluding hydrogens is 320 g/mol. The number of hydrogen-bond donors (Lipinski definition) is 2. The lowest BCUT2D eigenvalue weighted by molar-refractivity contribution is 0.355. The summed E-state index contributed by atoms with van der Waals surface area (Å²) in [6, 6.07) is 8.91. The zero-order valence-corrected chi connectivity index (χ0v) is 14.2. The fourth-order valence-electron chi connectivity index (χ4n) is 3.22. The summed E-state index contributed by atoms with van der Waals surface area (Å²) in [5.41, 5.74) is 5.37. The van der Waals surface area contributed by atoms with Crippen LogP contribution in [-0.4, -0.2) is 32.3 Å². The number of H-pyrrole nitrogens is 1. The fourth-order valence-corrected chi connectivity index (χ4v) is 3.22. The van der Waals surface area contributed by atoms with Crippen LogP contribution in [0.2, 0.25) is 0 Å². The Morgan fingerprint density at radius 1 is 1.20 bits per heavy atom. The first-order valence-corrected chi connectivity index (χ1v) is 7.97. The Morgan fingerprint density at radius 3 is 2.72 bits per heavy atom. The normalized spacial score (nSPS) is 11.8. The Kier molecular flexibility index (Phi) is 3.64. The van der Waals surface area contributed by atoms with Crippen molar-refractivity contribution in [2.24, 2.45) is 0 Å². The topological polar surface area (TPSA) is 59.2 Å². The van der Waals surface area contributed by atoms with Crippen molar-refractivity contribution in [3.63, 3.8) is 0 Å². The summed E-state index contributed by atoms with van der Waals surface area (Å²) >= 11 is 0. The molecule has 4 rings (SSSR count). The van der Waals surface area contributed by atoms with E-state index in [1.54, 1.807) is 28.1 Å². The van der Waals surface area contributed by atoms with Gasteiger partial charge in [0.2, 0.25) is 0 Å². The SMILES string of the molecule is Bc1c(F)cccc1Nc1[nH]nc2c1Cc1cc(OC)c(OC)cc1-2. The molecule has 1 aliphatic rings. The van der Waals surface area contributed by atoms with Crippen LogP contribution in [0.4, 0.5) is 15.9 Å². The molecule has 1 heterocycles. The molecule has 0 spiro atoms. The summed E-state index contributed by atoms with van der Waals surface area (Å²) in [5.74, 6) is 1.91. The minimum atomic E-state index is -0.237. The van der Waals surface area contributed by atoms with Crippen molar-refractivity contribution >= 4 is 24.8 Å². The number of fused-ring (bicyclic) bond motifs is 3. The van der Waals surface area contributed by atoms with E-state index in [4.69, 9.17) is 9.47 Å². The number of nitrogens with one attached hydrogen (secondary N) is 2. The standard InChI is InChI=1S/C18H17BFN3O2/c1-24-14-7-9-6-11-17(10(9)8-15(14)25-2)22-23-18(11)21-13-5-3-4-12(20)16(13)19/h3-5,7-8H,6,19H2,1-2H3,(H2,21,22,23). The Balaban J connectivity index is 1.73. The van der Waals surface area contributed by atoms with E-state index >= 15 is 0 Å².